The number of nitrogen functional groups attached to an aromatic ring is 1. The summed E-state index contributed by atoms with van der Waals surface area (Å²) in [5.74, 6) is 1.10. The second-order valence-corrected chi connectivity index (χ2v) is 5.13. The Labute approximate surface area is 119 Å². The van der Waals surface area contributed by atoms with Crippen LogP contribution in [0.15, 0.2) is 16.7 Å². The number of hydrogen-bond acceptors (Lipinski definition) is 3. The number of imidazole rings is 1. The molecule has 0 atom stereocenters. The number of nitrogens with two attached hydrogens (primary N) is 1. The molecule has 18 heavy (non-hydrogen) atoms. The number of rotatable bonds is 2. The van der Waals surface area contributed by atoms with Crippen LogP contribution in [0, 0.1) is 6.92 Å². The SMILES string of the molecule is COc1cc(C)c(-c2c(Br)nc(N)n2C)cc1Cl. The Balaban J connectivity index is 2.68. The minimum atomic E-state index is 0.447. The van der Waals surface area contributed by atoms with Crippen LogP contribution in [-0.2, 0) is 7.05 Å². The van der Waals surface area contributed by atoms with E-state index in [0.717, 1.165) is 16.8 Å². The first-order valence-corrected chi connectivity index (χ1v) is 6.45. The number of halogens is 2. The fourth-order valence-electron chi connectivity index (χ4n) is 1.84. The van der Waals surface area contributed by atoms with Crippen molar-refractivity contribution in [2.45, 2.75) is 6.92 Å². The molecule has 0 spiro atoms. The zero-order valence-electron chi connectivity index (χ0n) is 10.3. The molecule has 4 nitrogen and oxygen atoms in total. The van der Waals surface area contributed by atoms with Gasteiger partial charge in [-0.05, 0) is 40.5 Å². The summed E-state index contributed by atoms with van der Waals surface area (Å²) in [4.78, 5) is 4.18. The maximum Gasteiger partial charge on any atom is 0.201 e. The van der Waals surface area contributed by atoms with Gasteiger partial charge in [0, 0.05) is 12.6 Å². The van der Waals surface area contributed by atoms with Gasteiger partial charge in [-0.1, -0.05) is 11.6 Å². The summed E-state index contributed by atoms with van der Waals surface area (Å²) in [6.07, 6.45) is 0. The van der Waals surface area contributed by atoms with E-state index in [-0.39, 0.29) is 0 Å². The molecule has 0 aliphatic rings. The molecule has 0 fully saturated rings. The van der Waals surface area contributed by atoms with Gasteiger partial charge in [0.2, 0.25) is 5.95 Å². The summed E-state index contributed by atoms with van der Waals surface area (Å²) in [5, 5.41) is 0.560. The van der Waals surface area contributed by atoms with Gasteiger partial charge in [-0.3, -0.25) is 0 Å². The lowest BCUT2D eigenvalue weighted by molar-refractivity contribution is 0.415. The minimum Gasteiger partial charge on any atom is -0.495 e. The highest BCUT2D eigenvalue weighted by molar-refractivity contribution is 9.10. The highest BCUT2D eigenvalue weighted by atomic mass is 79.9. The molecule has 0 saturated carbocycles. The molecule has 2 N–H and O–H groups in total. The largest absolute Gasteiger partial charge is 0.495 e. The lowest BCUT2D eigenvalue weighted by Gasteiger charge is -2.11. The van der Waals surface area contributed by atoms with Crippen LogP contribution in [0.3, 0.4) is 0 Å². The molecule has 0 aliphatic carbocycles. The molecule has 6 heteroatoms. The molecule has 96 valence electrons. The number of anilines is 1. The predicted molar refractivity (Wildman–Crippen MR) is 77.1 cm³/mol. The van der Waals surface area contributed by atoms with E-state index >= 15 is 0 Å². The normalized spacial score (nSPS) is 10.7. The molecule has 0 unspecified atom stereocenters. The molecular formula is C12H13BrClN3O. The molecule has 0 aliphatic heterocycles. The first-order chi connectivity index (χ1) is 8.45. The van der Waals surface area contributed by atoms with Crippen LogP contribution >= 0.6 is 27.5 Å². The Kier molecular flexibility index (Phi) is 3.54. The Morgan fingerprint density at radius 1 is 1.44 bits per heavy atom. The highest BCUT2D eigenvalue weighted by Gasteiger charge is 2.16. The Hall–Kier alpha value is -1.20. The minimum absolute atomic E-state index is 0.447. The predicted octanol–water partition coefficient (Wildman–Crippen LogP) is 3.40. The molecule has 0 radical (unpaired) electrons. The van der Waals surface area contributed by atoms with Crippen molar-refractivity contribution in [3.63, 3.8) is 0 Å². The summed E-state index contributed by atoms with van der Waals surface area (Å²) in [6.45, 7) is 1.99. The quantitative estimate of drug-likeness (QED) is 0.918. The van der Waals surface area contributed by atoms with Crippen molar-refractivity contribution in [1.82, 2.24) is 9.55 Å². The van der Waals surface area contributed by atoms with Crippen LogP contribution in [0.25, 0.3) is 11.3 Å². The smallest absolute Gasteiger partial charge is 0.201 e. The molecule has 0 saturated heterocycles. The van der Waals surface area contributed by atoms with Crippen molar-refractivity contribution in [1.29, 1.82) is 0 Å². The van der Waals surface area contributed by atoms with Crippen molar-refractivity contribution in [3.05, 3.63) is 27.3 Å². The summed E-state index contributed by atoms with van der Waals surface area (Å²) < 4.78 is 7.71. The molecule has 0 bridgehead atoms. The summed E-state index contributed by atoms with van der Waals surface area (Å²) >= 11 is 9.57. The number of aryl methyl sites for hydroxylation is 1. The number of benzene rings is 1. The van der Waals surface area contributed by atoms with E-state index < -0.39 is 0 Å². The van der Waals surface area contributed by atoms with E-state index in [1.807, 2.05) is 30.7 Å². The van der Waals surface area contributed by atoms with Crippen LogP contribution < -0.4 is 10.5 Å². The zero-order valence-corrected chi connectivity index (χ0v) is 12.6. The molecule has 1 aromatic heterocycles. The van der Waals surface area contributed by atoms with Gasteiger partial charge in [0.25, 0.3) is 0 Å². The van der Waals surface area contributed by atoms with Gasteiger partial charge in [0.1, 0.15) is 10.4 Å². The maximum absolute atomic E-state index is 6.16. The van der Waals surface area contributed by atoms with Crippen molar-refractivity contribution in [3.8, 4) is 17.0 Å². The summed E-state index contributed by atoms with van der Waals surface area (Å²) in [6, 6.07) is 3.75. The summed E-state index contributed by atoms with van der Waals surface area (Å²) in [7, 11) is 3.46. The van der Waals surface area contributed by atoms with E-state index in [1.165, 1.54) is 0 Å². The molecule has 2 rings (SSSR count). The van der Waals surface area contributed by atoms with Crippen LogP contribution in [0.4, 0.5) is 5.95 Å². The Morgan fingerprint density at radius 3 is 2.61 bits per heavy atom. The Bertz CT molecular complexity index is 610. The first kappa shape index (κ1) is 13.2. The fraction of sp³-hybridized carbons (Fsp3) is 0.250. The zero-order chi connectivity index (χ0) is 13.4. The Morgan fingerprint density at radius 2 is 2.11 bits per heavy atom. The highest BCUT2D eigenvalue weighted by Crippen LogP contribution is 2.37. The number of aromatic nitrogens is 2. The molecular weight excluding hydrogens is 318 g/mol. The van der Waals surface area contributed by atoms with Gasteiger partial charge in [-0.25, -0.2) is 4.98 Å². The maximum atomic E-state index is 6.16. The monoisotopic (exact) mass is 329 g/mol. The molecule has 1 aromatic carbocycles. The lowest BCUT2D eigenvalue weighted by atomic mass is 10.1. The number of methoxy groups -OCH3 is 1. The third-order valence-corrected chi connectivity index (χ3v) is 3.69. The first-order valence-electron chi connectivity index (χ1n) is 5.28. The van der Waals surface area contributed by atoms with Gasteiger partial charge in [-0.15, -0.1) is 0 Å². The van der Waals surface area contributed by atoms with Gasteiger partial charge in [-0.2, -0.15) is 0 Å². The van der Waals surface area contributed by atoms with Crippen molar-refractivity contribution in [2.24, 2.45) is 7.05 Å². The van der Waals surface area contributed by atoms with E-state index in [9.17, 15) is 0 Å². The topological polar surface area (TPSA) is 53.1 Å². The van der Waals surface area contributed by atoms with Crippen LogP contribution in [0.1, 0.15) is 5.56 Å². The van der Waals surface area contributed by atoms with Gasteiger partial charge in [0.05, 0.1) is 17.8 Å². The number of nitrogens with zero attached hydrogens (tertiary/aromatic N) is 2. The van der Waals surface area contributed by atoms with Gasteiger partial charge < -0.3 is 15.0 Å². The van der Waals surface area contributed by atoms with E-state index in [4.69, 9.17) is 22.1 Å². The average molecular weight is 331 g/mol. The average Bonchev–Trinajstić information content (AvgIpc) is 2.56. The third kappa shape index (κ3) is 2.08. The second-order valence-electron chi connectivity index (χ2n) is 3.97. The number of ether oxygens (including phenoxy) is 1. The standard InChI is InChI=1S/C12H13BrClN3O/c1-6-4-9(18-3)8(14)5-7(6)10-11(13)16-12(15)17(10)2/h4-5H,1-3H3,(H2,15,16). The second kappa shape index (κ2) is 4.82. The molecule has 0 amide bonds. The van der Waals surface area contributed by atoms with Crippen LogP contribution in [-0.4, -0.2) is 16.7 Å². The van der Waals surface area contributed by atoms with Gasteiger partial charge in [0.15, 0.2) is 0 Å². The number of hydrogen-bond donors (Lipinski definition) is 1. The van der Waals surface area contributed by atoms with Crippen molar-refractivity contribution >= 4 is 33.5 Å². The van der Waals surface area contributed by atoms with Crippen molar-refractivity contribution in [2.75, 3.05) is 12.8 Å². The van der Waals surface area contributed by atoms with Crippen LogP contribution in [0.2, 0.25) is 5.02 Å². The lowest BCUT2D eigenvalue weighted by Crippen LogP contribution is -1.99. The van der Waals surface area contributed by atoms with E-state index in [2.05, 4.69) is 20.9 Å². The summed E-state index contributed by atoms with van der Waals surface area (Å²) in [5.41, 5.74) is 8.70. The van der Waals surface area contributed by atoms with E-state index in [0.29, 0.717) is 21.3 Å². The van der Waals surface area contributed by atoms with Crippen molar-refractivity contribution < 1.29 is 4.74 Å². The fourth-order valence-corrected chi connectivity index (χ4v) is 2.74. The molecule has 2 aromatic rings. The molecule has 1 heterocycles. The van der Waals surface area contributed by atoms with E-state index in [1.54, 1.807) is 7.11 Å². The van der Waals surface area contributed by atoms with Crippen LogP contribution in [0.5, 0.6) is 5.75 Å². The third-order valence-electron chi connectivity index (χ3n) is 2.84. The van der Waals surface area contributed by atoms with Gasteiger partial charge >= 0.3 is 0 Å².